The second kappa shape index (κ2) is 7.11. The van der Waals surface area contributed by atoms with Gasteiger partial charge in [-0.1, -0.05) is 56.6 Å². The van der Waals surface area contributed by atoms with Crippen LogP contribution in [-0.4, -0.2) is 5.78 Å². The SMILES string of the molecule is CCC1CCC(CCC2CCC3=C(CCC(=O)C3)C2)CC1. The molecule has 1 heteroatoms. The van der Waals surface area contributed by atoms with Gasteiger partial charge < -0.3 is 0 Å². The first-order valence-electron chi connectivity index (χ1n) is 9.46. The van der Waals surface area contributed by atoms with Gasteiger partial charge in [-0.2, -0.15) is 0 Å². The molecule has 21 heavy (non-hydrogen) atoms. The van der Waals surface area contributed by atoms with E-state index in [0.717, 1.165) is 37.0 Å². The average Bonchev–Trinajstić information content (AvgIpc) is 2.53. The Labute approximate surface area is 130 Å². The van der Waals surface area contributed by atoms with Crippen molar-refractivity contribution in [3.05, 3.63) is 11.1 Å². The highest BCUT2D eigenvalue weighted by Gasteiger charge is 2.27. The van der Waals surface area contributed by atoms with Crippen LogP contribution in [-0.2, 0) is 4.79 Å². The summed E-state index contributed by atoms with van der Waals surface area (Å²) in [4.78, 5) is 11.5. The first-order chi connectivity index (χ1) is 10.2. The molecule has 0 aromatic heterocycles. The third-order valence-corrected chi connectivity index (χ3v) is 6.53. The van der Waals surface area contributed by atoms with Crippen molar-refractivity contribution in [2.24, 2.45) is 17.8 Å². The van der Waals surface area contributed by atoms with E-state index < -0.39 is 0 Å². The van der Waals surface area contributed by atoms with Crippen LogP contribution in [0.1, 0.15) is 90.4 Å². The van der Waals surface area contributed by atoms with Crippen molar-refractivity contribution in [2.75, 3.05) is 0 Å². The molecule has 0 N–H and O–H groups in total. The number of ketones is 1. The molecule has 0 spiro atoms. The minimum absolute atomic E-state index is 0.486. The van der Waals surface area contributed by atoms with Crippen molar-refractivity contribution >= 4 is 5.78 Å². The highest BCUT2D eigenvalue weighted by molar-refractivity contribution is 5.82. The molecule has 0 bridgehead atoms. The van der Waals surface area contributed by atoms with Crippen molar-refractivity contribution in [2.45, 2.75) is 90.4 Å². The number of carbonyl (C=O) groups excluding carboxylic acids is 1. The number of rotatable bonds is 4. The Balaban J connectivity index is 1.42. The second-order valence-corrected chi connectivity index (χ2v) is 7.90. The van der Waals surface area contributed by atoms with Crippen LogP contribution in [0, 0.1) is 17.8 Å². The fourth-order valence-electron chi connectivity index (χ4n) is 4.91. The van der Waals surface area contributed by atoms with E-state index in [1.807, 2.05) is 0 Å². The lowest BCUT2D eigenvalue weighted by molar-refractivity contribution is -0.118. The normalized spacial score (nSPS) is 34.0. The van der Waals surface area contributed by atoms with Gasteiger partial charge in [0.05, 0.1) is 0 Å². The Morgan fingerprint density at radius 3 is 2.29 bits per heavy atom. The minimum atomic E-state index is 0.486. The third kappa shape index (κ3) is 3.99. The fourth-order valence-corrected chi connectivity index (χ4v) is 4.91. The molecule has 1 fully saturated rings. The zero-order chi connectivity index (χ0) is 14.7. The summed E-state index contributed by atoms with van der Waals surface area (Å²) in [5, 5.41) is 0. The largest absolute Gasteiger partial charge is 0.299 e. The Kier molecular flexibility index (Phi) is 5.19. The van der Waals surface area contributed by atoms with Gasteiger partial charge in [-0.05, 0) is 49.9 Å². The number of Topliss-reactive ketones (excluding diaryl/α,β-unsaturated/α-hetero) is 1. The lowest BCUT2D eigenvalue weighted by Gasteiger charge is -2.32. The smallest absolute Gasteiger partial charge is 0.137 e. The minimum Gasteiger partial charge on any atom is -0.299 e. The first kappa shape index (κ1) is 15.3. The van der Waals surface area contributed by atoms with Crippen LogP contribution in [0.3, 0.4) is 0 Å². The molecule has 118 valence electrons. The van der Waals surface area contributed by atoms with Crippen molar-refractivity contribution in [1.29, 1.82) is 0 Å². The second-order valence-electron chi connectivity index (χ2n) is 7.90. The van der Waals surface area contributed by atoms with E-state index in [1.165, 1.54) is 69.8 Å². The van der Waals surface area contributed by atoms with Gasteiger partial charge in [0.25, 0.3) is 0 Å². The Bertz CT molecular complexity index is 398. The van der Waals surface area contributed by atoms with E-state index in [0.29, 0.717) is 5.78 Å². The summed E-state index contributed by atoms with van der Waals surface area (Å²) in [7, 11) is 0. The molecule has 3 aliphatic carbocycles. The van der Waals surface area contributed by atoms with Gasteiger partial charge >= 0.3 is 0 Å². The Morgan fingerprint density at radius 2 is 1.52 bits per heavy atom. The monoisotopic (exact) mass is 288 g/mol. The predicted octanol–water partition coefficient (Wildman–Crippen LogP) is 5.83. The van der Waals surface area contributed by atoms with Gasteiger partial charge in [0.15, 0.2) is 0 Å². The maximum absolute atomic E-state index is 11.5. The summed E-state index contributed by atoms with van der Waals surface area (Å²) in [5.41, 5.74) is 3.21. The van der Waals surface area contributed by atoms with Crippen molar-refractivity contribution in [3.8, 4) is 0 Å². The summed E-state index contributed by atoms with van der Waals surface area (Å²) < 4.78 is 0. The molecule has 1 atom stereocenters. The van der Waals surface area contributed by atoms with E-state index in [2.05, 4.69) is 6.92 Å². The molecular formula is C20H32O. The molecule has 0 aliphatic heterocycles. The molecular weight excluding hydrogens is 256 g/mol. The van der Waals surface area contributed by atoms with E-state index in [-0.39, 0.29) is 0 Å². The van der Waals surface area contributed by atoms with Crippen LogP contribution in [0.4, 0.5) is 0 Å². The average molecular weight is 288 g/mol. The topological polar surface area (TPSA) is 17.1 Å². The van der Waals surface area contributed by atoms with Crippen LogP contribution in [0.2, 0.25) is 0 Å². The molecule has 0 saturated heterocycles. The Morgan fingerprint density at radius 1 is 0.810 bits per heavy atom. The summed E-state index contributed by atoms with van der Waals surface area (Å²) in [5.74, 6) is 3.47. The lowest BCUT2D eigenvalue weighted by atomic mass is 9.73. The van der Waals surface area contributed by atoms with Crippen LogP contribution in [0.15, 0.2) is 11.1 Å². The zero-order valence-electron chi connectivity index (χ0n) is 13.8. The zero-order valence-corrected chi connectivity index (χ0v) is 13.8. The number of hydrogen-bond donors (Lipinski definition) is 0. The van der Waals surface area contributed by atoms with Crippen molar-refractivity contribution in [3.63, 3.8) is 0 Å². The molecule has 0 aromatic carbocycles. The van der Waals surface area contributed by atoms with Crippen LogP contribution < -0.4 is 0 Å². The molecule has 0 radical (unpaired) electrons. The number of hydrogen-bond acceptors (Lipinski definition) is 1. The summed E-state index contributed by atoms with van der Waals surface area (Å²) in [6.45, 7) is 2.35. The van der Waals surface area contributed by atoms with Gasteiger partial charge in [-0.15, -0.1) is 0 Å². The molecule has 3 rings (SSSR count). The van der Waals surface area contributed by atoms with E-state index in [9.17, 15) is 4.79 Å². The molecule has 3 aliphatic rings. The molecule has 1 unspecified atom stereocenters. The van der Waals surface area contributed by atoms with Crippen molar-refractivity contribution < 1.29 is 4.79 Å². The first-order valence-corrected chi connectivity index (χ1v) is 9.46. The van der Waals surface area contributed by atoms with Crippen molar-refractivity contribution in [1.82, 2.24) is 0 Å². The quantitative estimate of drug-likeness (QED) is 0.594. The molecule has 1 saturated carbocycles. The van der Waals surface area contributed by atoms with E-state index >= 15 is 0 Å². The molecule has 0 aromatic rings. The highest BCUT2D eigenvalue weighted by Crippen LogP contribution is 2.40. The summed E-state index contributed by atoms with van der Waals surface area (Å²) in [6.07, 6.45) is 16.9. The molecule has 1 nitrogen and oxygen atoms in total. The van der Waals surface area contributed by atoms with Gasteiger partial charge in [-0.25, -0.2) is 0 Å². The van der Waals surface area contributed by atoms with E-state index in [4.69, 9.17) is 0 Å². The summed E-state index contributed by atoms with van der Waals surface area (Å²) >= 11 is 0. The number of carbonyl (C=O) groups is 1. The van der Waals surface area contributed by atoms with Crippen LogP contribution in [0.25, 0.3) is 0 Å². The molecule has 0 heterocycles. The lowest BCUT2D eigenvalue weighted by Crippen LogP contribution is -2.19. The maximum atomic E-state index is 11.5. The summed E-state index contributed by atoms with van der Waals surface area (Å²) in [6, 6.07) is 0. The standard InChI is InChI=1S/C20H32O/c1-2-15-3-5-16(6-4-15)7-8-17-9-10-19-14-20(21)12-11-18(19)13-17/h15-17H,2-14H2,1H3. The Hall–Kier alpha value is -0.590. The van der Waals surface area contributed by atoms with Gasteiger partial charge in [0.1, 0.15) is 5.78 Å². The van der Waals surface area contributed by atoms with Gasteiger partial charge in [0.2, 0.25) is 0 Å². The third-order valence-electron chi connectivity index (χ3n) is 6.53. The molecule has 0 amide bonds. The van der Waals surface area contributed by atoms with Gasteiger partial charge in [-0.3, -0.25) is 4.79 Å². The van der Waals surface area contributed by atoms with E-state index in [1.54, 1.807) is 5.57 Å². The number of allylic oxidation sites excluding steroid dienone is 2. The highest BCUT2D eigenvalue weighted by atomic mass is 16.1. The van der Waals surface area contributed by atoms with Crippen LogP contribution in [0.5, 0.6) is 0 Å². The maximum Gasteiger partial charge on any atom is 0.137 e. The predicted molar refractivity (Wildman–Crippen MR) is 88.2 cm³/mol. The van der Waals surface area contributed by atoms with Gasteiger partial charge in [0, 0.05) is 12.8 Å². The van der Waals surface area contributed by atoms with Crippen LogP contribution >= 0.6 is 0 Å². The fraction of sp³-hybridized carbons (Fsp3) is 0.850.